The lowest BCUT2D eigenvalue weighted by atomic mass is 10.1. The molecule has 0 spiro atoms. The predicted octanol–water partition coefficient (Wildman–Crippen LogP) is 2.14. The fourth-order valence-electron chi connectivity index (χ4n) is 2.29. The van der Waals surface area contributed by atoms with Crippen LogP contribution in [0.5, 0.6) is 0 Å². The molecule has 7 heteroatoms. The number of hydrogen-bond donors (Lipinski definition) is 2. The zero-order chi connectivity index (χ0) is 14.5. The first-order valence-electron chi connectivity index (χ1n) is 6.43. The Bertz CT molecular complexity index is 541. The van der Waals surface area contributed by atoms with Gasteiger partial charge in [0.25, 0.3) is 11.6 Å². The molecule has 1 amide bonds. The van der Waals surface area contributed by atoms with Gasteiger partial charge >= 0.3 is 0 Å². The Balaban J connectivity index is 2.00. The SMILES string of the molecule is O=C(NC(=S)NC1CCCC1)c1ccccc1[N+](=O)[O-]. The van der Waals surface area contributed by atoms with Crippen LogP contribution in [0.1, 0.15) is 36.0 Å². The Kier molecular flexibility index (Phi) is 4.62. The highest BCUT2D eigenvalue weighted by atomic mass is 32.1. The molecule has 0 heterocycles. The number of thiocarbonyl (C=S) groups is 1. The Morgan fingerprint density at radius 3 is 2.60 bits per heavy atom. The van der Waals surface area contributed by atoms with Crippen molar-refractivity contribution < 1.29 is 9.72 Å². The monoisotopic (exact) mass is 293 g/mol. The lowest BCUT2D eigenvalue weighted by molar-refractivity contribution is -0.385. The number of carbonyl (C=O) groups is 1. The third-order valence-corrected chi connectivity index (χ3v) is 3.48. The summed E-state index contributed by atoms with van der Waals surface area (Å²) in [6.07, 6.45) is 4.36. The minimum atomic E-state index is -0.581. The van der Waals surface area contributed by atoms with E-state index in [-0.39, 0.29) is 22.4 Å². The summed E-state index contributed by atoms with van der Waals surface area (Å²) in [5.41, 5.74) is -0.221. The van der Waals surface area contributed by atoms with Crippen LogP contribution in [0.4, 0.5) is 5.69 Å². The van der Waals surface area contributed by atoms with Crippen molar-refractivity contribution in [2.45, 2.75) is 31.7 Å². The topological polar surface area (TPSA) is 84.3 Å². The molecule has 1 aromatic rings. The number of benzene rings is 1. The van der Waals surface area contributed by atoms with Crippen LogP contribution >= 0.6 is 12.2 Å². The summed E-state index contributed by atoms with van der Waals surface area (Å²) in [6, 6.07) is 6.08. The van der Waals surface area contributed by atoms with Crippen molar-refractivity contribution in [3.8, 4) is 0 Å². The number of amides is 1. The number of rotatable bonds is 3. The van der Waals surface area contributed by atoms with Gasteiger partial charge in [0.05, 0.1) is 4.92 Å². The lowest BCUT2D eigenvalue weighted by Crippen LogP contribution is -2.43. The van der Waals surface area contributed by atoms with E-state index >= 15 is 0 Å². The fourth-order valence-corrected chi connectivity index (χ4v) is 2.55. The van der Waals surface area contributed by atoms with E-state index in [1.165, 1.54) is 18.2 Å². The van der Waals surface area contributed by atoms with Gasteiger partial charge in [0.1, 0.15) is 5.56 Å². The fraction of sp³-hybridized carbons (Fsp3) is 0.385. The van der Waals surface area contributed by atoms with Crippen molar-refractivity contribution in [1.29, 1.82) is 0 Å². The number of nitro benzene ring substituents is 1. The van der Waals surface area contributed by atoms with Crippen molar-refractivity contribution in [3.63, 3.8) is 0 Å². The van der Waals surface area contributed by atoms with Gasteiger partial charge in [-0.2, -0.15) is 0 Å². The second-order valence-corrected chi connectivity index (χ2v) is 5.09. The minimum Gasteiger partial charge on any atom is -0.360 e. The van der Waals surface area contributed by atoms with Crippen LogP contribution in [0.3, 0.4) is 0 Å². The summed E-state index contributed by atoms with van der Waals surface area (Å²) in [5.74, 6) is -0.562. The maximum Gasteiger partial charge on any atom is 0.282 e. The quantitative estimate of drug-likeness (QED) is 0.507. The molecule has 0 aliphatic heterocycles. The Hall–Kier alpha value is -2.02. The average Bonchev–Trinajstić information content (AvgIpc) is 2.91. The van der Waals surface area contributed by atoms with Gasteiger partial charge < -0.3 is 5.32 Å². The first-order chi connectivity index (χ1) is 9.58. The van der Waals surface area contributed by atoms with Gasteiger partial charge in [-0.15, -0.1) is 0 Å². The molecule has 0 radical (unpaired) electrons. The first-order valence-corrected chi connectivity index (χ1v) is 6.84. The molecule has 1 saturated carbocycles. The van der Waals surface area contributed by atoms with Crippen LogP contribution < -0.4 is 10.6 Å². The van der Waals surface area contributed by atoms with Crippen molar-refractivity contribution in [1.82, 2.24) is 10.6 Å². The van der Waals surface area contributed by atoms with Gasteiger partial charge in [0.2, 0.25) is 0 Å². The maximum atomic E-state index is 12.0. The molecule has 20 heavy (non-hydrogen) atoms. The summed E-state index contributed by atoms with van der Waals surface area (Å²) in [4.78, 5) is 22.3. The molecule has 1 fully saturated rings. The molecule has 1 aliphatic rings. The standard InChI is InChI=1S/C13H15N3O3S/c17-12(10-7-3-4-8-11(10)16(18)19)15-13(20)14-9-5-1-2-6-9/h3-4,7-9H,1-2,5-6H2,(H2,14,15,17,20). The zero-order valence-corrected chi connectivity index (χ0v) is 11.6. The number of nitrogens with zero attached hydrogens (tertiary/aromatic N) is 1. The summed E-state index contributed by atoms with van der Waals surface area (Å²) in [7, 11) is 0. The van der Waals surface area contributed by atoms with Gasteiger partial charge in [-0.1, -0.05) is 25.0 Å². The molecule has 0 atom stereocenters. The van der Waals surface area contributed by atoms with E-state index in [9.17, 15) is 14.9 Å². The highest BCUT2D eigenvalue weighted by Gasteiger charge is 2.21. The van der Waals surface area contributed by atoms with Crippen LogP contribution in [0, 0.1) is 10.1 Å². The zero-order valence-electron chi connectivity index (χ0n) is 10.8. The molecule has 0 unspecified atom stereocenters. The van der Waals surface area contributed by atoms with Crippen molar-refractivity contribution in [3.05, 3.63) is 39.9 Å². The highest BCUT2D eigenvalue weighted by molar-refractivity contribution is 7.80. The molecule has 6 nitrogen and oxygen atoms in total. The molecule has 0 saturated heterocycles. The summed E-state index contributed by atoms with van der Waals surface area (Å²) in [5, 5.41) is 16.6. The van der Waals surface area contributed by atoms with Crippen molar-refractivity contribution >= 4 is 28.9 Å². The van der Waals surface area contributed by atoms with E-state index in [0.717, 1.165) is 25.7 Å². The van der Waals surface area contributed by atoms with Crippen LogP contribution in [0.2, 0.25) is 0 Å². The largest absolute Gasteiger partial charge is 0.360 e. The number of nitro groups is 1. The molecule has 0 bridgehead atoms. The molecule has 2 rings (SSSR count). The Morgan fingerprint density at radius 2 is 1.95 bits per heavy atom. The van der Waals surface area contributed by atoms with E-state index in [1.807, 2.05) is 0 Å². The molecule has 1 aliphatic carbocycles. The molecule has 1 aromatic carbocycles. The minimum absolute atomic E-state index is 0.00747. The highest BCUT2D eigenvalue weighted by Crippen LogP contribution is 2.18. The van der Waals surface area contributed by atoms with Crippen LogP contribution in [-0.2, 0) is 0 Å². The van der Waals surface area contributed by atoms with E-state index in [0.29, 0.717) is 0 Å². The van der Waals surface area contributed by atoms with E-state index in [1.54, 1.807) is 6.07 Å². The number of nitrogens with one attached hydrogen (secondary N) is 2. The van der Waals surface area contributed by atoms with Crippen molar-refractivity contribution in [2.24, 2.45) is 0 Å². The second-order valence-electron chi connectivity index (χ2n) is 4.68. The lowest BCUT2D eigenvalue weighted by Gasteiger charge is -2.14. The predicted molar refractivity (Wildman–Crippen MR) is 78.6 cm³/mol. The summed E-state index contributed by atoms with van der Waals surface area (Å²) in [6.45, 7) is 0. The van der Waals surface area contributed by atoms with Gasteiger partial charge in [0.15, 0.2) is 5.11 Å². The molecular formula is C13H15N3O3S. The van der Waals surface area contributed by atoms with Crippen LogP contribution in [0.15, 0.2) is 24.3 Å². The van der Waals surface area contributed by atoms with Gasteiger partial charge in [-0.3, -0.25) is 20.2 Å². The van der Waals surface area contributed by atoms with Crippen LogP contribution in [-0.4, -0.2) is 22.0 Å². The molecule has 0 aromatic heterocycles. The normalized spacial score (nSPS) is 14.8. The van der Waals surface area contributed by atoms with Gasteiger partial charge in [-0.25, -0.2) is 0 Å². The molecular weight excluding hydrogens is 278 g/mol. The number of carbonyl (C=O) groups excluding carboxylic acids is 1. The van der Waals surface area contributed by atoms with Gasteiger partial charge in [0, 0.05) is 12.1 Å². The van der Waals surface area contributed by atoms with E-state index in [2.05, 4.69) is 10.6 Å². The third kappa shape index (κ3) is 3.51. The first kappa shape index (κ1) is 14.4. The Morgan fingerprint density at radius 1 is 1.30 bits per heavy atom. The van der Waals surface area contributed by atoms with Crippen LogP contribution in [0.25, 0.3) is 0 Å². The Labute approximate surface area is 121 Å². The molecule has 106 valence electrons. The van der Waals surface area contributed by atoms with Gasteiger partial charge in [-0.05, 0) is 31.1 Å². The third-order valence-electron chi connectivity index (χ3n) is 3.26. The second kappa shape index (κ2) is 6.42. The summed E-state index contributed by atoms with van der Waals surface area (Å²) >= 11 is 5.06. The average molecular weight is 293 g/mol. The number of para-hydroxylation sites is 1. The smallest absolute Gasteiger partial charge is 0.282 e. The number of hydrogen-bond acceptors (Lipinski definition) is 4. The van der Waals surface area contributed by atoms with Crippen molar-refractivity contribution in [2.75, 3.05) is 0 Å². The van der Waals surface area contributed by atoms with E-state index < -0.39 is 10.8 Å². The summed E-state index contributed by atoms with van der Waals surface area (Å²) < 4.78 is 0. The van der Waals surface area contributed by atoms with E-state index in [4.69, 9.17) is 12.2 Å². The molecule has 2 N–H and O–H groups in total. The maximum absolute atomic E-state index is 12.0.